The highest BCUT2D eigenvalue weighted by molar-refractivity contribution is 5.37. The Bertz CT molecular complexity index is 717. The molecular formula is C12H6F6N2O. The zero-order valence-corrected chi connectivity index (χ0v) is 10.0. The third-order valence-electron chi connectivity index (χ3n) is 2.55. The van der Waals surface area contributed by atoms with E-state index in [0.29, 0.717) is 17.0 Å². The Morgan fingerprint density at radius 2 is 1.62 bits per heavy atom. The molecule has 112 valence electrons. The van der Waals surface area contributed by atoms with Gasteiger partial charge in [0.1, 0.15) is 6.33 Å². The molecule has 0 N–H and O–H groups in total. The van der Waals surface area contributed by atoms with Gasteiger partial charge in [-0.3, -0.25) is 9.36 Å². The second-order valence-electron chi connectivity index (χ2n) is 4.03. The second-order valence-corrected chi connectivity index (χ2v) is 4.03. The molecule has 1 aromatic heterocycles. The van der Waals surface area contributed by atoms with Crippen molar-refractivity contribution in [3.8, 4) is 5.69 Å². The van der Waals surface area contributed by atoms with Crippen LogP contribution in [0, 0.1) is 0 Å². The molecular weight excluding hydrogens is 302 g/mol. The largest absolute Gasteiger partial charge is 0.433 e. The van der Waals surface area contributed by atoms with Gasteiger partial charge in [0.15, 0.2) is 5.69 Å². The lowest BCUT2D eigenvalue weighted by Gasteiger charge is -2.11. The van der Waals surface area contributed by atoms with Crippen LogP contribution >= 0.6 is 0 Å². The molecule has 2 aromatic rings. The van der Waals surface area contributed by atoms with E-state index in [9.17, 15) is 31.1 Å². The van der Waals surface area contributed by atoms with Crippen LogP contribution in [0.25, 0.3) is 5.69 Å². The fourth-order valence-corrected chi connectivity index (χ4v) is 1.58. The molecule has 0 saturated heterocycles. The lowest BCUT2D eigenvalue weighted by Crippen LogP contribution is -2.22. The van der Waals surface area contributed by atoms with Crippen molar-refractivity contribution >= 4 is 0 Å². The predicted molar refractivity (Wildman–Crippen MR) is 59.8 cm³/mol. The first-order valence-corrected chi connectivity index (χ1v) is 5.42. The van der Waals surface area contributed by atoms with Crippen molar-refractivity contribution in [1.29, 1.82) is 0 Å². The third kappa shape index (κ3) is 3.23. The normalized spacial score (nSPS) is 12.5. The van der Waals surface area contributed by atoms with E-state index in [4.69, 9.17) is 0 Å². The minimum Gasteiger partial charge on any atom is -0.269 e. The Labute approximate surface area is 113 Å². The Kier molecular flexibility index (Phi) is 3.52. The van der Waals surface area contributed by atoms with Crippen molar-refractivity contribution in [1.82, 2.24) is 9.55 Å². The molecule has 0 saturated carbocycles. The summed E-state index contributed by atoms with van der Waals surface area (Å²) in [6.45, 7) is 0. The summed E-state index contributed by atoms with van der Waals surface area (Å²) < 4.78 is 75.3. The number of alkyl halides is 6. The molecule has 0 aliphatic rings. The lowest BCUT2D eigenvalue weighted by atomic mass is 10.2. The first-order chi connectivity index (χ1) is 9.59. The highest BCUT2D eigenvalue weighted by Gasteiger charge is 2.33. The number of hydrogen-bond donors (Lipinski definition) is 0. The van der Waals surface area contributed by atoms with E-state index in [1.165, 1.54) is 0 Å². The maximum Gasteiger partial charge on any atom is 0.433 e. The molecule has 0 spiro atoms. The first kappa shape index (κ1) is 15.1. The van der Waals surface area contributed by atoms with Gasteiger partial charge in [-0.2, -0.15) is 26.3 Å². The molecule has 0 radical (unpaired) electrons. The Hall–Kier alpha value is -2.32. The van der Waals surface area contributed by atoms with Crippen LogP contribution in [0.5, 0.6) is 0 Å². The third-order valence-corrected chi connectivity index (χ3v) is 2.55. The Morgan fingerprint density at radius 3 is 2.14 bits per heavy atom. The van der Waals surface area contributed by atoms with E-state index < -0.39 is 29.2 Å². The fraction of sp³-hybridized carbons (Fsp3) is 0.167. The van der Waals surface area contributed by atoms with Crippen LogP contribution in [0.15, 0.2) is 41.5 Å². The van der Waals surface area contributed by atoms with E-state index in [2.05, 4.69) is 4.98 Å². The highest BCUT2D eigenvalue weighted by Crippen LogP contribution is 2.30. The molecule has 9 heteroatoms. The SMILES string of the molecule is O=c1cc(C(F)(F)F)ncn1-c1cccc(C(F)(F)F)c1. The standard InChI is InChI=1S/C12H6F6N2O/c13-11(14,15)7-2-1-3-8(4-7)20-6-19-9(5-10(20)21)12(16,17)18/h1-6H. The summed E-state index contributed by atoms with van der Waals surface area (Å²) in [4.78, 5) is 14.6. The van der Waals surface area contributed by atoms with Gasteiger partial charge in [-0.05, 0) is 18.2 Å². The van der Waals surface area contributed by atoms with Crippen molar-refractivity contribution in [2.45, 2.75) is 12.4 Å². The fourth-order valence-electron chi connectivity index (χ4n) is 1.58. The topological polar surface area (TPSA) is 34.9 Å². The summed E-state index contributed by atoms with van der Waals surface area (Å²) in [6.07, 6.45) is -8.88. The van der Waals surface area contributed by atoms with Crippen molar-refractivity contribution in [2.75, 3.05) is 0 Å². The van der Waals surface area contributed by atoms with Crippen LogP contribution in [0.4, 0.5) is 26.3 Å². The molecule has 1 aromatic carbocycles. The van der Waals surface area contributed by atoms with Crippen molar-refractivity contribution in [3.63, 3.8) is 0 Å². The molecule has 21 heavy (non-hydrogen) atoms. The van der Waals surface area contributed by atoms with Crippen LogP contribution in [0.3, 0.4) is 0 Å². The number of rotatable bonds is 1. The molecule has 3 nitrogen and oxygen atoms in total. The summed E-state index contributed by atoms with van der Waals surface area (Å²) in [5, 5.41) is 0. The van der Waals surface area contributed by atoms with E-state index in [1.807, 2.05) is 0 Å². The van der Waals surface area contributed by atoms with Crippen LogP contribution in [0.2, 0.25) is 0 Å². The minimum absolute atomic E-state index is 0.222. The van der Waals surface area contributed by atoms with E-state index >= 15 is 0 Å². The number of aromatic nitrogens is 2. The Morgan fingerprint density at radius 1 is 0.952 bits per heavy atom. The van der Waals surface area contributed by atoms with Gasteiger partial charge in [0.05, 0.1) is 11.3 Å². The lowest BCUT2D eigenvalue weighted by molar-refractivity contribution is -0.141. The van der Waals surface area contributed by atoms with Crippen LogP contribution in [0.1, 0.15) is 11.3 Å². The van der Waals surface area contributed by atoms with Gasteiger partial charge in [-0.25, -0.2) is 4.98 Å². The molecule has 1 heterocycles. The second kappa shape index (κ2) is 4.90. The maximum absolute atomic E-state index is 12.6. The molecule has 0 amide bonds. The number of halogens is 6. The average molecular weight is 308 g/mol. The monoisotopic (exact) mass is 308 g/mol. The molecule has 2 rings (SSSR count). The van der Waals surface area contributed by atoms with Gasteiger partial charge in [0.2, 0.25) is 0 Å². The van der Waals surface area contributed by atoms with Crippen molar-refractivity contribution < 1.29 is 26.3 Å². The number of hydrogen-bond acceptors (Lipinski definition) is 2. The van der Waals surface area contributed by atoms with Gasteiger partial charge in [-0.1, -0.05) is 6.07 Å². The summed E-state index contributed by atoms with van der Waals surface area (Å²) >= 11 is 0. The smallest absolute Gasteiger partial charge is 0.269 e. The van der Waals surface area contributed by atoms with E-state index in [-0.39, 0.29) is 11.8 Å². The molecule has 0 atom stereocenters. The molecule has 0 bridgehead atoms. The first-order valence-electron chi connectivity index (χ1n) is 5.42. The Balaban J connectivity index is 2.51. The zero-order valence-electron chi connectivity index (χ0n) is 10.0. The average Bonchev–Trinajstić information content (AvgIpc) is 2.36. The summed E-state index contributed by atoms with van der Waals surface area (Å²) in [7, 11) is 0. The van der Waals surface area contributed by atoms with Crippen molar-refractivity contribution in [2.24, 2.45) is 0 Å². The quantitative estimate of drug-likeness (QED) is 0.758. The van der Waals surface area contributed by atoms with Crippen LogP contribution in [-0.4, -0.2) is 9.55 Å². The zero-order chi connectivity index (χ0) is 15.8. The van der Waals surface area contributed by atoms with Gasteiger partial charge in [-0.15, -0.1) is 0 Å². The maximum atomic E-state index is 12.6. The van der Waals surface area contributed by atoms with Crippen LogP contribution in [-0.2, 0) is 12.4 Å². The van der Waals surface area contributed by atoms with Gasteiger partial charge >= 0.3 is 12.4 Å². The van der Waals surface area contributed by atoms with Gasteiger partial charge < -0.3 is 0 Å². The predicted octanol–water partition coefficient (Wildman–Crippen LogP) is 3.27. The number of nitrogens with zero attached hydrogens (tertiary/aromatic N) is 2. The van der Waals surface area contributed by atoms with Gasteiger partial charge in [0.25, 0.3) is 5.56 Å². The van der Waals surface area contributed by atoms with Crippen LogP contribution < -0.4 is 5.56 Å². The summed E-state index contributed by atoms with van der Waals surface area (Å²) in [5.74, 6) is 0. The number of benzene rings is 1. The molecule has 0 aliphatic heterocycles. The summed E-state index contributed by atoms with van der Waals surface area (Å²) in [6, 6.07) is 3.86. The highest BCUT2D eigenvalue weighted by atomic mass is 19.4. The molecule has 0 unspecified atom stereocenters. The van der Waals surface area contributed by atoms with E-state index in [0.717, 1.165) is 18.2 Å². The van der Waals surface area contributed by atoms with Gasteiger partial charge in [0, 0.05) is 6.07 Å². The molecule has 0 aliphatic carbocycles. The van der Waals surface area contributed by atoms with Crippen molar-refractivity contribution in [3.05, 3.63) is 58.3 Å². The molecule has 0 fully saturated rings. The summed E-state index contributed by atoms with van der Waals surface area (Å²) in [5.41, 5.74) is -3.78. The van der Waals surface area contributed by atoms with E-state index in [1.54, 1.807) is 0 Å². The minimum atomic E-state index is -4.80.